The number of aromatic nitrogens is 2. The Balaban J connectivity index is 1.78. The van der Waals surface area contributed by atoms with E-state index in [0.717, 1.165) is 9.96 Å². The van der Waals surface area contributed by atoms with E-state index in [0.29, 0.717) is 0 Å². The molecule has 9 nitrogen and oxygen atoms in total. The van der Waals surface area contributed by atoms with Crippen molar-refractivity contribution in [3.8, 4) is 0 Å². The SMILES string of the molecule is O=C(Nc1cnc2c(C(=O)NCCO)cccn2c1=O)OCc1ccccc1. The fourth-order valence-electron chi connectivity index (χ4n) is 2.50. The maximum atomic E-state index is 12.6. The molecule has 0 spiro atoms. The van der Waals surface area contributed by atoms with E-state index in [9.17, 15) is 14.4 Å². The third-order valence-electron chi connectivity index (χ3n) is 3.82. The number of aliphatic hydroxyl groups is 1. The second-order valence-electron chi connectivity index (χ2n) is 5.76. The molecule has 2 heterocycles. The van der Waals surface area contributed by atoms with Gasteiger partial charge >= 0.3 is 6.09 Å². The molecule has 0 fully saturated rings. The number of carbonyl (C=O) groups is 2. The van der Waals surface area contributed by atoms with Crippen LogP contribution >= 0.6 is 0 Å². The van der Waals surface area contributed by atoms with Crippen molar-refractivity contribution < 1.29 is 19.4 Å². The summed E-state index contributed by atoms with van der Waals surface area (Å²) in [5.41, 5.74) is 0.476. The van der Waals surface area contributed by atoms with Crippen LogP contribution in [0.4, 0.5) is 10.5 Å². The first-order valence-electron chi connectivity index (χ1n) is 8.47. The lowest BCUT2D eigenvalue weighted by molar-refractivity contribution is 0.0945. The van der Waals surface area contributed by atoms with Gasteiger partial charge < -0.3 is 15.2 Å². The number of anilines is 1. The lowest BCUT2D eigenvalue weighted by atomic mass is 10.2. The molecule has 9 heteroatoms. The van der Waals surface area contributed by atoms with Crippen molar-refractivity contribution in [3.05, 3.63) is 76.3 Å². The van der Waals surface area contributed by atoms with Crippen LogP contribution in [0.3, 0.4) is 0 Å². The predicted octanol–water partition coefficient (Wildman–Crippen LogP) is 1.17. The van der Waals surface area contributed by atoms with Gasteiger partial charge in [0.1, 0.15) is 12.3 Å². The molecular formula is C19H18N4O5. The molecule has 2 amide bonds. The summed E-state index contributed by atoms with van der Waals surface area (Å²) in [5, 5.41) is 13.7. The first-order valence-corrected chi connectivity index (χ1v) is 8.47. The minimum absolute atomic E-state index is 0.0597. The Morgan fingerprint density at radius 2 is 1.93 bits per heavy atom. The van der Waals surface area contributed by atoms with E-state index < -0.39 is 17.6 Å². The number of benzene rings is 1. The largest absolute Gasteiger partial charge is 0.444 e. The fourth-order valence-corrected chi connectivity index (χ4v) is 2.50. The normalized spacial score (nSPS) is 10.5. The Morgan fingerprint density at radius 3 is 2.68 bits per heavy atom. The van der Waals surface area contributed by atoms with Crippen molar-refractivity contribution in [2.45, 2.75) is 6.61 Å². The Hall–Kier alpha value is -3.72. The van der Waals surface area contributed by atoms with Crippen molar-refractivity contribution in [2.75, 3.05) is 18.5 Å². The zero-order valence-corrected chi connectivity index (χ0v) is 14.8. The van der Waals surface area contributed by atoms with E-state index in [-0.39, 0.29) is 36.7 Å². The molecule has 0 atom stereocenters. The number of carbonyl (C=O) groups excluding carboxylic acids is 2. The van der Waals surface area contributed by atoms with Gasteiger partial charge in [-0.15, -0.1) is 0 Å². The molecule has 0 bridgehead atoms. The summed E-state index contributed by atoms with van der Waals surface area (Å²) in [5.74, 6) is -0.470. The van der Waals surface area contributed by atoms with Crippen molar-refractivity contribution in [1.29, 1.82) is 0 Å². The number of rotatable bonds is 6. The minimum atomic E-state index is -0.792. The van der Waals surface area contributed by atoms with E-state index in [1.165, 1.54) is 24.5 Å². The molecule has 0 saturated carbocycles. The van der Waals surface area contributed by atoms with Gasteiger partial charge in [0, 0.05) is 12.7 Å². The number of fused-ring (bicyclic) bond motifs is 1. The van der Waals surface area contributed by atoms with Gasteiger partial charge in [0.05, 0.1) is 18.4 Å². The molecule has 144 valence electrons. The van der Waals surface area contributed by atoms with Gasteiger partial charge in [0.15, 0.2) is 5.65 Å². The number of nitrogens with zero attached hydrogens (tertiary/aromatic N) is 2. The zero-order chi connectivity index (χ0) is 19.9. The maximum absolute atomic E-state index is 12.6. The number of aliphatic hydroxyl groups excluding tert-OH is 1. The van der Waals surface area contributed by atoms with E-state index in [1.807, 2.05) is 30.3 Å². The first kappa shape index (κ1) is 19.1. The first-order chi connectivity index (χ1) is 13.6. The summed E-state index contributed by atoms with van der Waals surface area (Å²) in [7, 11) is 0. The topological polar surface area (TPSA) is 122 Å². The van der Waals surface area contributed by atoms with E-state index in [4.69, 9.17) is 9.84 Å². The van der Waals surface area contributed by atoms with Crippen molar-refractivity contribution in [1.82, 2.24) is 14.7 Å². The highest BCUT2D eigenvalue weighted by Gasteiger charge is 2.15. The molecular weight excluding hydrogens is 364 g/mol. The van der Waals surface area contributed by atoms with Crippen molar-refractivity contribution in [3.63, 3.8) is 0 Å². The second kappa shape index (κ2) is 8.78. The Bertz CT molecular complexity index is 1050. The Morgan fingerprint density at radius 1 is 1.14 bits per heavy atom. The lowest BCUT2D eigenvalue weighted by Crippen LogP contribution is -2.29. The van der Waals surface area contributed by atoms with Crippen molar-refractivity contribution in [2.24, 2.45) is 0 Å². The summed E-state index contributed by atoms with van der Waals surface area (Å²) in [6.07, 6.45) is 1.82. The van der Waals surface area contributed by atoms with E-state index >= 15 is 0 Å². The number of hydrogen-bond acceptors (Lipinski definition) is 6. The molecule has 0 aliphatic rings. The van der Waals surface area contributed by atoms with Crippen LogP contribution in [-0.4, -0.2) is 39.6 Å². The van der Waals surface area contributed by atoms with Crippen LogP contribution in [0.1, 0.15) is 15.9 Å². The Kier molecular flexibility index (Phi) is 5.97. The summed E-state index contributed by atoms with van der Waals surface area (Å²) in [6.45, 7) is -0.0652. The molecule has 0 saturated heterocycles. The summed E-state index contributed by atoms with van der Waals surface area (Å²) in [6, 6.07) is 12.1. The monoisotopic (exact) mass is 382 g/mol. The number of nitrogens with one attached hydrogen (secondary N) is 2. The average molecular weight is 382 g/mol. The summed E-state index contributed by atoms with van der Waals surface area (Å²) in [4.78, 5) is 40.8. The van der Waals surface area contributed by atoms with Crippen LogP contribution in [0.15, 0.2) is 59.7 Å². The molecule has 1 aromatic carbocycles. The van der Waals surface area contributed by atoms with Gasteiger partial charge in [-0.05, 0) is 17.7 Å². The molecule has 3 N–H and O–H groups in total. The van der Waals surface area contributed by atoms with Gasteiger partial charge in [-0.25, -0.2) is 9.78 Å². The highest BCUT2D eigenvalue weighted by atomic mass is 16.5. The molecule has 0 unspecified atom stereocenters. The molecule has 0 aliphatic carbocycles. The van der Waals surface area contributed by atoms with E-state index in [1.54, 1.807) is 0 Å². The predicted molar refractivity (Wildman–Crippen MR) is 101 cm³/mol. The standard InChI is InChI=1S/C19H18N4O5/c24-10-8-20-17(25)14-7-4-9-23-16(14)21-11-15(18(23)26)22-19(27)28-12-13-5-2-1-3-6-13/h1-7,9,11,24H,8,10,12H2,(H,20,25)(H,22,27). The van der Waals surface area contributed by atoms with Gasteiger partial charge in [-0.1, -0.05) is 30.3 Å². The van der Waals surface area contributed by atoms with Gasteiger partial charge in [-0.2, -0.15) is 0 Å². The van der Waals surface area contributed by atoms with Crippen LogP contribution in [-0.2, 0) is 11.3 Å². The van der Waals surface area contributed by atoms with Crippen LogP contribution in [0.2, 0.25) is 0 Å². The number of pyridine rings is 1. The van der Waals surface area contributed by atoms with Crippen LogP contribution in [0, 0.1) is 0 Å². The van der Waals surface area contributed by atoms with Crippen LogP contribution in [0.5, 0.6) is 0 Å². The van der Waals surface area contributed by atoms with E-state index in [2.05, 4.69) is 15.6 Å². The molecule has 2 aromatic heterocycles. The average Bonchev–Trinajstić information content (AvgIpc) is 2.73. The third kappa shape index (κ3) is 4.33. The Labute approximate surface area is 159 Å². The van der Waals surface area contributed by atoms with Gasteiger partial charge in [-0.3, -0.25) is 19.3 Å². The smallest absolute Gasteiger partial charge is 0.412 e. The number of ether oxygens (including phenoxy) is 1. The third-order valence-corrected chi connectivity index (χ3v) is 3.82. The van der Waals surface area contributed by atoms with Gasteiger partial charge in [0.25, 0.3) is 11.5 Å². The summed E-state index contributed by atoms with van der Waals surface area (Å²) >= 11 is 0. The molecule has 3 aromatic rings. The number of amides is 2. The summed E-state index contributed by atoms with van der Waals surface area (Å²) < 4.78 is 6.25. The zero-order valence-electron chi connectivity index (χ0n) is 14.8. The lowest BCUT2D eigenvalue weighted by Gasteiger charge is -2.10. The van der Waals surface area contributed by atoms with Gasteiger partial charge in [0.2, 0.25) is 0 Å². The van der Waals surface area contributed by atoms with Crippen LogP contribution in [0.25, 0.3) is 5.65 Å². The molecule has 0 radical (unpaired) electrons. The van der Waals surface area contributed by atoms with Crippen LogP contribution < -0.4 is 16.2 Å². The highest BCUT2D eigenvalue weighted by Crippen LogP contribution is 2.09. The quantitative estimate of drug-likeness (QED) is 0.588. The molecule has 3 rings (SSSR count). The number of hydrogen-bond donors (Lipinski definition) is 3. The maximum Gasteiger partial charge on any atom is 0.412 e. The fraction of sp³-hybridized carbons (Fsp3) is 0.158. The molecule has 0 aliphatic heterocycles. The van der Waals surface area contributed by atoms with Crippen molar-refractivity contribution >= 4 is 23.3 Å². The highest BCUT2D eigenvalue weighted by molar-refractivity contribution is 5.99. The minimum Gasteiger partial charge on any atom is -0.444 e. The molecule has 28 heavy (non-hydrogen) atoms. The second-order valence-corrected chi connectivity index (χ2v) is 5.76.